The van der Waals surface area contributed by atoms with E-state index in [0.29, 0.717) is 13.0 Å². The van der Waals surface area contributed by atoms with Crippen molar-refractivity contribution in [1.82, 2.24) is 0 Å². The van der Waals surface area contributed by atoms with Gasteiger partial charge in [-0.1, -0.05) is 30.3 Å². The minimum atomic E-state index is -0.738. The number of rotatable bonds is 10. The summed E-state index contributed by atoms with van der Waals surface area (Å²) in [5.74, 6) is 0. The molecule has 0 saturated heterocycles. The maximum absolute atomic E-state index is 10.1. The van der Waals surface area contributed by atoms with Crippen molar-refractivity contribution >= 4 is 0 Å². The van der Waals surface area contributed by atoms with Crippen LogP contribution < -0.4 is 0 Å². The number of hydrogen-bond acceptors (Lipinski definition) is 5. The number of methoxy groups -OCH3 is 2. The van der Waals surface area contributed by atoms with Gasteiger partial charge in [0.2, 0.25) is 0 Å². The third kappa shape index (κ3) is 7.02. The van der Waals surface area contributed by atoms with Gasteiger partial charge >= 0.3 is 0 Å². The third-order valence-corrected chi connectivity index (χ3v) is 3.40. The van der Waals surface area contributed by atoms with Crippen LogP contribution in [-0.2, 0) is 20.8 Å². The van der Waals surface area contributed by atoms with Crippen molar-refractivity contribution in [3.63, 3.8) is 0 Å². The number of benzene rings is 1. The van der Waals surface area contributed by atoms with E-state index in [9.17, 15) is 10.2 Å². The minimum absolute atomic E-state index is 0.221. The first kappa shape index (κ1) is 18.1. The predicted molar refractivity (Wildman–Crippen MR) is 79.7 cm³/mol. The molecule has 0 aliphatic heterocycles. The zero-order chi connectivity index (χ0) is 15.7. The van der Waals surface area contributed by atoms with Crippen LogP contribution in [0.4, 0.5) is 0 Å². The van der Waals surface area contributed by atoms with Crippen LogP contribution in [0.3, 0.4) is 0 Å². The van der Waals surface area contributed by atoms with Gasteiger partial charge in [-0.15, -0.1) is 0 Å². The zero-order valence-corrected chi connectivity index (χ0v) is 12.9. The van der Waals surface area contributed by atoms with Gasteiger partial charge in [-0.25, -0.2) is 0 Å². The molecular formula is C16H26O5. The molecule has 0 unspecified atom stereocenters. The van der Waals surface area contributed by atoms with Crippen LogP contribution in [0, 0.1) is 0 Å². The summed E-state index contributed by atoms with van der Waals surface area (Å²) >= 11 is 0. The molecule has 1 rings (SSSR count). The highest BCUT2D eigenvalue weighted by Gasteiger charge is 2.21. The van der Waals surface area contributed by atoms with Crippen LogP contribution in [0.15, 0.2) is 30.3 Å². The number of ether oxygens (including phenoxy) is 3. The van der Waals surface area contributed by atoms with Crippen LogP contribution in [0.25, 0.3) is 0 Å². The summed E-state index contributed by atoms with van der Waals surface area (Å²) in [7, 11) is 3.03. The second-order valence-corrected chi connectivity index (χ2v) is 5.10. The molecule has 2 N–H and O–H groups in total. The van der Waals surface area contributed by atoms with Crippen LogP contribution in [0.2, 0.25) is 0 Å². The van der Waals surface area contributed by atoms with Crippen molar-refractivity contribution in [2.24, 2.45) is 0 Å². The molecule has 120 valence electrons. The van der Waals surface area contributed by atoms with E-state index in [2.05, 4.69) is 0 Å². The summed E-state index contributed by atoms with van der Waals surface area (Å²) < 4.78 is 15.7. The molecule has 0 radical (unpaired) electrons. The van der Waals surface area contributed by atoms with Crippen molar-refractivity contribution in [2.45, 2.75) is 51.0 Å². The quantitative estimate of drug-likeness (QED) is 0.644. The molecule has 1 aromatic carbocycles. The molecule has 0 bridgehead atoms. The van der Waals surface area contributed by atoms with Gasteiger partial charge in [0.25, 0.3) is 0 Å². The fraction of sp³-hybridized carbons (Fsp3) is 0.625. The minimum Gasteiger partial charge on any atom is -0.393 e. The van der Waals surface area contributed by atoms with E-state index >= 15 is 0 Å². The van der Waals surface area contributed by atoms with Gasteiger partial charge in [-0.2, -0.15) is 0 Å². The smallest absolute Gasteiger partial charge is 0.159 e. The van der Waals surface area contributed by atoms with Crippen molar-refractivity contribution in [2.75, 3.05) is 14.2 Å². The van der Waals surface area contributed by atoms with E-state index in [1.165, 1.54) is 14.2 Å². The third-order valence-electron chi connectivity index (χ3n) is 3.40. The lowest BCUT2D eigenvalue weighted by Gasteiger charge is -2.23. The molecule has 5 heteroatoms. The van der Waals surface area contributed by atoms with E-state index < -0.39 is 18.5 Å². The molecule has 0 aromatic heterocycles. The molecule has 0 spiro atoms. The monoisotopic (exact) mass is 298 g/mol. The Balaban J connectivity index is 2.31. The number of aliphatic hydroxyl groups is 2. The maximum atomic E-state index is 10.1. The lowest BCUT2D eigenvalue weighted by Crippen LogP contribution is -2.32. The summed E-state index contributed by atoms with van der Waals surface area (Å²) in [5.41, 5.74) is 1.05. The van der Waals surface area contributed by atoms with Gasteiger partial charge in [0.15, 0.2) is 6.29 Å². The topological polar surface area (TPSA) is 68.2 Å². The Kier molecular flexibility index (Phi) is 8.49. The van der Waals surface area contributed by atoms with Gasteiger partial charge in [-0.3, -0.25) is 0 Å². The Hall–Kier alpha value is -0.980. The fourth-order valence-electron chi connectivity index (χ4n) is 1.99. The number of aliphatic hydroxyl groups excluding tert-OH is 2. The molecule has 1 aromatic rings. The highest BCUT2D eigenvalue weighted by molar-refractivity contribution is 5.13. The molecule has 0 aliphatic carbocycles. The lowest BCUT2D eigenvalue weighted by molar-refractivity contribution is -0.129. The molecule has 21 heavy (non-hydrogen) atoms. The van der Waals surface area contributed by atoms with Gasteiger partial charge in [-0.05, 0) is 12.5 Å². The highest BCUT2D eigenvalue weighted by Crippen LogP contribution is 2.13. The van der Waals surface area contributed by atoms with Crippen molar-refractivity contribution in [3.8, 4) is 0 Å². The van der Waals surface area contributed by atoms with E-state index in [4.69, 9.17) is 14.2 Å². The van der Waals surface area contributed by atoms with Crippen molar-refractivity contribution in [1.29, 1.82) is 0 Å². The first-order valence-electron chi connectivity index (χ1n) is 7.14. The Morgan fingerprint density at radius 2 is 1.62 bits per heavy atom. The Morgan fingerprint density at radius 1 is 1.00 bits per heavy atom. The van der Waals surface area contributed by atoms with Crippen LogP contribution >= 0.6 is 0 Å². The fourth-order valence-corrected chi connectivity index (χ4v) is 1.99. The standard InChI is InChI=1S/C16H26O5/c1-12(21-11-13-7-5-4-6-8-13)15(18)9-14(17)10-16(19-2)20-3/h4-8,12,14-18H,9-11H2,1-3H3/t12-,14+,15-/m1/s1. The molecule has 0 fully saturated rings. The first-order valence-corrected chi connectivity index (χ1v) is 7.14. The van der Waals surface area contributed by atoms with E-state index in [1.807, 2.05) is 30.3 Å². The summed E-state index contributed by atoms with van der Waals surface area (Å²) in [4.78, 5) is 0. The summed E-state index contributed by atoms with van der Waals surface area (Å²) in [6.07, 6.45) is -1.73. The van der Waals surface area contributed by atoms with Crippen molar-refractivity contribution in [3.05, 3.63) is 35.9 Å². The SMILES string of the molecule is COC(C[C@@H](O)C[C@@H](O)[C@@H](C)OCc1ccccc1)OC. The van der Waals surface area contributed by atoms with Gasteiger partial charge in [0.1, 0.15) is 0 Å². The lowest BCUT2D eigenvalue weighted by atomic mass is 10.0. The van der Waals surface area contributed by atoms with E-state index in [0.717, 1.165) is 5.56 Å². The Morgan fingerprint density at radius 3 is 2.19 bits per heavy atom. The molecular weight excluding hydrogens is 272 g/mol. The summed E-state index contributed by atoms with van der Waals surface area (Å²) in [6, 6.07) is 9.77. The van der Waals surface area contributed by atoms with Gasteiger partial charge in [0.05, 0.1) is 24.9 Å². The molecule has 5 nitrogen and oxygen atoms in total. The van der Waals surface area contributed by atoms with Crippen LogP contribution in [0.5, 0.6) is 0 Å². The second kappa shape index (κ2) is 9.87. The summed E-state index contributed by atoms with van der Waals surface area (Å²) in [6.45, 7) is 2.23. The van der Waals surface area contributed by atoms with Gasteiger partial charge < -0.3 is 24.4 Å². The largest absolute Gasteiger partial charge is 0.393 e. The Labute approximate surface area is 126 Å². The van der Waals surface area contributed by atoms with E-state index in [-0.39, 0.29) is 12.5 Å². The molecule has 0 aliphatic rings. The average molecular weight is 298 g/mol. The predicted octanol–water partition coefficient (Wildman–Crippen LogP) is 1.71. The molecule has 3 atom stereocenters. The Bertz CT molecular complexity index is 366. The summed E-state index contributed by atoms with van der Waals surface area (Å²) in [5, 5.41) is 20.0. The number of hydrogen-bond donors (Lipinski definition) is 2. The maximum Gasteiger partial charge on any atom is 0.159 e. The van der Waals surface area contributed by atoms with Gasteiger partial charge in [0, 0.05) is 27.1 Å². The molecule has 0 saturated carbocycles. The molecule has 0 heterocycles. The van der Waals surface area contributed by atoms with Crippen LogP contribution in [-0.4, -0.2) is 49.0 Å². The van der Waals surface area contributed by atoms with Crippen molar-refractivity contribution < 1.29 is 24.4 Å². The van der Waals surface area contributed by atoms with E-state index in [1.54, 1.807) is 6.92 Å². The second-order valence-electron chi connectivity index (χ2n) is 5.10. The normalized spacial score (nSPS) is 15.9. The van der Waals surface area contributed by atoms with Crippen LogP contribution in [0.1, 0.15) is 25.3 Å². The zero-order valence-electron chi connectivity index (χ0n) is 12.9. The molecule has 0 amide bonds. The first-order chi connectivity index (χ1) is 10.1. The highest BCUT2D eigenvalue weighted by atomic mass is 16.7. The average Bonchev–Trinajstić information content (AvgIpc) is 2.51.